The Morgan fingerprint density at radius 1 is 1.10 bits per heavy atom. The van der Waals surface area contributed by atoms with E-state index in [-0.39, 0.29) is 23.0 Å². The number of imidazole rings is 1. The van der Waals surface area contributed by atoms with Crippen molar-refractivity contribution in [2.75, 3.05) is 14.2 Å². The Balaban J connectivity index is 1.79. The van der Waals surface area contributed by atoms with E-state index < -0.39 is 11.2 Å². The van der Waals surface area contributed by atoms with E-state index in [1.54, 1.807) is 25.8 Å². The second kappa shape index (κ2) is 7.62. The molecule has 0 amide bonds. The summed E-state index contributed by atoms with van der Waals surface area (Å²) < 4.78 is 14.7. The third-order valence-corrected chi connectivity index (χ3v) is 6.02. The highest BCUT2D eigenvalue weighted by Crippen LogP contribution is 2.39. The summed E-state index contributed by atoms with van der Waals surface area (Å²) in [6.45, 7) is 0.228. The Hall–Kier alpha value is -3.11. The van der Waals surface area contributed by atoms with Gasteiger partial charge in [-0.25, -0.2) is 9.78 Å². The molecule has 0 aliphatic rings. The van der Waals surface area contributed by atoms with Crippen molar-refractivity contribution in [3.05, 3.63) is 55.4 Å². The lowest BCUT2D eigenvalue weighted by Crippen LogP contribution is -2.37. The minimum atomic E-state index is -0.463. The van der Waals surface area contributed by atoms with Gasteiger partial charge in [0.25, 0.3) is 5.56 Å². The molecule has 3 heterocycles. The van der Waals surface area contributed by atoms with Crippen LogP contribution in [0.25, 0.3) is 21.7 Å². The standard InChI is InChI=1S/C19H18ClN5O4S/c1-23-15-13(17(26)24(2)19(23)27)25(18(20)22-15)8-10-9-30-16(21-10)11-6-5-7-12(28-3)14(11)29-4/h5-7,9H,8H2,1-4H3. The van der Waals surface area contributed by atoms with E-state index in [1.165, 1.54) is 23.0 Å². The quantitative estimate of drug-likeness (QED) is 0.436. The first-order valence-corrected chi connectivity index (χ1v) is 10.1. The van der Waals surface area contributed by atoms with Crippen LogP contribution in [0.2, 0.25) is 5.28 Å². The van der Waals surface area contributed by atoms with Gasteiger partial charge in [-0.2, -0.15) is 4.98 Å². The van der Waals surface area contributed by atoms with Gasteiger partial charge in [0.15, 0.2) is 22.7 Å². The third kappa shape index (κ3) is 3.08. The van der Waals surface area contributed by atoms with Crippen LogP contribution in [0, 0.1) is 0 Å². The number of benzene rings is 1. The van der Waals surface area contributed by atoms with E-state index in [2.05, 4.69) is 9.97 Å². The Morgan fingerprint density at radius 3 is 2.57 bits per heavy atom. The molecule has 0 saturated carbocycles. The monoisotopic (exact) mass is 447 g/mol. The Bertz CT molecular complexity index is 1380. The Morgan fingerprint density at radius 2 is 1.87 bits per heavy atom. The summed E-state index contributed by atoms with van der Waals surface area (Å²) in [5.74, 6) is 1.20. The van der Waals surface area contributed by atoms with Crippen molar-refractivity contribution in [2.45, 2.75) is 6.54 Å². The molecule has 0 unspecified atom stereocenters. The van der Waals surface area contributed by atoms with E-state index in [4.69, 9.17) is 21.1 Å². The van der Waals surface area contributed by atoms with Gasteiger partial charge in [0.1, 0.15) is 5.01 Å². The van der Waals surface area contributed by atoms with E-state index in [9.17, 15) is 9.59 Å². The molecule has 3 aromatic heterocycles. The molecule has 0 N–H and O–H groups in total. The molecule has 0 bridgehead atoms. The van der Waals surface area contributed by atoms with Crippen LogP contribution in [-0.2, 0) is 20.6 Å². The number of fused-ring (bicyclic) bond motifs is 1. The van der Waals surface area contributed by atoms with Crippen molar-refractivity contribution < 1.29 is 9.47 Å². The van der Waals surface area contributed by atoms with Crippen LogP contribution in [0.5, 0.6) is 11.5 Å². The van der Waals surface area contributed by atoms with Crippen LogP contribution >= 0.6 is 22.9 Å². The number of rotatable bonds is 5. The summed E-state index contributed by atoms with van der Waals surface area (Å²) in [4.78, 5) is 33.7. The van der Waals surface area contributed by atoms with Crippen LogP contribution in [-0.4, -0.2) is 37.9 Å². The van der Waals surface area contributed by atoms with Gasteiger partial charge in [-0.1, -0.05) is 6.07 Å². The Kier molecular flexibility index (Phi) is 5.12. The molecule has 0 spiro atoms. The first kappa shape index (κ1) is 20.2. The second-order valence-corrected chi connectivity index (χ2v) is 7.73. The lowest BCUT2D eigenvalue weighted by molar-refractivity contribution is 0.356. The lowest BCUT2D eigenvalue weighted by atomic mass is 10.2. The van der Waals surface area contributed by atoms with E-state index in [0.29, 0.717) is 17.2 Å². The van der Waals surface area contributed by atoms with Gasteiger partial charge in [0.2, 0.25) is 5.28 Å². The summed E-state index contributed by atoms with van der Waals surface area (Å²) in [6, 6.07) is 5.58. The van der Waals surface area contributed by atoms with Crippen LogP contribution in [0.15, 0.2) is 33.2 Å². The van der Waals surface area contributed by atoms with Crippen molar-refractivity contribution in [3.63, 3.8) is 0 Å². The fourth-order valence-corrected chi connectivity index (χ4v) is 4.34. The fraction of sp³-hybridized carbons (Fsp3) is 0.263. The topological polar surface area (TPSA) is 93.2 Å². The Labute approximate surface area is 179 Å². The zero-order valence-corrected chi connectivity index (χ0v) is 18.2. The van der Waals surface area contributed by atoms with Crippen LogP contribution < -0.4 is 20.7 Å². The van der Waals surface area contributed by atoms with Crippen molar-refractivity contribution in [2.24, 2.45) is 14.1 Å². The molecular weight excluding hydrogens is 430 g/mol. The summed E-state index contributed by atoms with van der Waals surface area (Å²) in [5.41, 5.74) is 1.05. The van der Waals surface area contributed by atoms with Gasteiger partial charge in [0.05, 0.1) is 32.0 Å². The number of hydrogen-bond donors (Lipinski definition) is 0. The van der Waals surface area contributed by atoms with Gasteiger partial charge in [-0.3, -0.25) is 13.9 Å². The fourth-order valence-electron chi connectivity index (χ4n) is 3.29. The van der Waals surface area contributed by atoms with Gasteiger partial charge in [-0.15, -0.1) is 11.3 Å². The van der Waals surface area contributed by atoms with E-state index in [0.717, 1.165) is 15.1 Å². The number of ether oxygens (including phenoxy) is 2. The van der Waals surface area contributed by atoms with Crippen molar-refractivity contribution >= 4 is 34.1 Å². The molecular formula is C19H18ClN5O4S. The molecule has 4 rings (SSSR count). The molecule has 156 valence electrons. The van der Waals surface area contributed by atoms with Crippen LogP contribution in [0.3, 0.4) is 0 Å². The van der Waals surface area contributed by atoms with Crippen LogP contribution in [0.1, 0.15) is 5.69 Å². The molecule has 0 aliphatic carbocycles. The number of nitrogens with zero attached hydrogens (tertiary/aromatic N) is 5. The van der Waals surface area contributed by atoms with Crippen molar-refractivity contribution in [1.29, 1.82) is 0 Å². The molecule has 0 aliphatic heterocycles. The van der Waals surface area contributed by atoms with Crippen LogP contribution in [0.4, 0.5) is 0 Å². The number of thiazole rings is 1. The van der Waals surface area contributed by atoms with Crippen molar-refractivity contribution in [1.82, 2.24) is 23.7 Å². The number of aromatic nitrogens is 5. The molecule has 1 aromatic carbocycles. The van der Waals surface area contributed by atoms with Gasteiger partial charge < -0.3 is 14.0 Å². The maximum Gasteiger partial charge on any atom is 0.332 e. The highest BCUT2D eigenvalue weighted by molar-refractivity contribution is 7.13. The number of halogens is 1. The van der Waals surface area contributed by atoms with Gasteiger partial charge >= 0.3 is 5.69 Å². The highest BCUT2D eigenvalue weighted by Gasteiger charge is 2.20. The zero-order valence-electron chi connectivity index (χ0n) is 16.7. The lowest BCUT2D eigenvalue weighted by Gasteiger charge is -2.10. The number of aryl methyl sites for hydroxylation is 1. The minimum absolute atomic E-state index is 0.108. The van der Waals surface area contributed by atoms with E-state index >= 15 is 0 Å². The maximum absolute atomic E-state index is 12.7. The summed E-state index contributed by atoms with van der Waals surface area (Å²) in [6.07, 6.45) is 0. The van der Waals surface area contributed by atoms with Gasteiger partial charge in [0, 0.05) is 19.5 Å². The zero-order chi connectivity index (χ0) is 21.6. The molecule has 11 heteroatoms. The third-order valence-electron chi connectivity index (χ3n) is 4.81. The summed E-state index contributed by atoms with van der Waals surface area (Å²) in [7, 11) is 6.13. The van der Waals surface area contributed by atoms with Crippen molar-refractivity contribution in [3.8, 4) is 22.1 Å². The SMILES string of the molecule is COc1cccc(-c2nc(Cn3c(Cl)nc4c3c(=O)n(C)c(=O)n4C)cs2)c1OC. The van der Waals surface area contributed by atoms with Gasteiger partial charge in [-0.05, 0) is 23.7 Å². The smallest absolute Gasteiger partial charge is 0.332 e. The first-order chi connectivity index (χ1) is 14.4. The number of hydrogen-bond acceptors (Lipinski definition) is 7. The first-order valence-electron chi connectivity index (χ1n) is 8.84. The minimum Gasteiger partial charge on any atom is -0.493 e. The molecule has 4 aromatic rings. The molecule has 30 heavy (non-hydrogen) atoms. The molecule has 9 nitrogen and oxygen atoms in total. The molecule has 0 radical (unpaired) electrons. The molecule has 0 atom stereocenters. The van der Waals surface area contributed by atoms with E-state index in [1.807, 2.05) is 23.6 Å². The maximum atomic E-state index is 12.7. The summed E-state index contributed by atoms with van der Waals surface area (Å²) >= 11 is 7.74. The average molecular weight is 448 g/mol. The predicted molar refractivity (Wildman–Crippen MR) is 115 cm³/mol. The number of para-hydroxylation sites is 1. The molecule has 0 fully saturated rings. The average Bonchev–Trinajstić information content (AvgIpc) is 3.35. The number of methoxy groups -OCH3 is 2. The highest BCUT2D eigenvalue weighted by atomic mass is 35.5. The summed E-state index contributed by atoms with van der Waals surface area (Å²) in [5, 5.41) is 2.72. The predicted octanol–water partition coefficient (Wildman–Crippen LogP) is 2.28. The normalized spacial score (nSPS) is 11.2. The molecule has 0 saturated heterocycles. The largest absolute Gasteiger partial charge is 0.493 e. The second-order valence-electron chi connectivity index (χ2n) is 6.53.